The quantitative estimate of drug-likeness (QED) is 0.776. The van der Waals surface area contributed by atoms with Gasteiger partial charge in [0.2, 0.25) is 0 Å². The first kappa shape index (κ1) is 15.9. The summed E-state index contributed by atoms with van der Waals surface area (Å²) in [6.07, 6.45) is 2.96. The third-order valence-electron chi connectivity index (χ3n) is 3.84. The van der Waals surface area contributed by atoms with Crippen LogP contribution in [0.3, 0.4) is 0 Å². The SMILES string of the molecule is Cc1ccc(CCS(=O)c2ccc(C(C)C)cc2)c[n+]1C. The highest BCUT2D eigenvalue weighted by Crippen LogP contribution is 2.17. The van der Waals surface area contributed by atoms with Crippen molar-refractivity contribution >= 4 is 10.8 Å². The van der Waals surface area contributed by atoms with Crippen LogP contribution in [0.5, 0.6) is 0 Å². The number of hydrogen-bond donors (Lipinski definition) is 0. The fourth-order valence-electron chi connectivity index (χ4n) is 2.22. The van der Waals surface area contributed by atoms with E-state index >= 15 is 0 Å². The molecule has 1 heterocycles. The van der Waals surface area contributed by atoms with Crippen molar-refractivity contribution in [3.63, 3.8) is 0 Å². The van der Waals surface area contributed by atoms with Gasteiger partial charge in [-0.2, -0.15) is 0 Å². The lowest BCUT2D eigenvalue weighted by Gasteiger charge is -2.07. The standard InChI is InChI=1S/C18H24NOS/c1-14(2)17-7-9-18(10-8-17)21(20)12-11-16-6-5-15(3)19(4)13-16/h5-10,13-14H,11-12H2,1-4H3/q+1. The minimum Gasteiger partial charge on any atom is -0.254 e. The summed E-state index contributed by atoms with van der Waals surface area (Å²) >= 11 is 0. The smallest absolute Gasteiger partial charge is 0.177 e. The summed E-state index contributed by atoms with van der Waals surface area (Å²) in [5.41, 5.74) is 3.75. The summed E-state index contributed by atoms with van der Waals surface area (Å²) < 4.78 is 14.5. The van der Waals surface area contributed by atoms with Gasteiger partial charge in [0.15, 0.2) is 11.9 Å². The zero-order valence-corrected chi connectivity index (χ0v) is 14.1. The minimum absolute atomic E-state index is 0.514. The predicted octanol–water partition coefficient (Wildman–Crippen LogP) is 3.29. The zero-order valence-electron chi connectivity index (χ0n) is 13.3. The van der Waals surface area contributed by atoms with Crippen molar-refractivity contribution in [3.05, 3.63) is 59.4 Å². The molecule has 1 aromatic carbocycles. The van der Waals surface area contributed by atoms with E-state index in [-0.39, 0.29) is 0 Å². The lowest BCUT2D eigenvalue weighted by Crippen LogP contribution is -2.31. The molecule has 112 valence electrons. The highest BCUT2D eigenvalue weighted by molar-refractivity contribution is 7.85. The number of benzene rings is 1. The van der Waals surface area contributed by atoms with Crippen LogP contribution >= 0.6 is 0 Å². The maximum absolute atomic E-state index is 12.4. The van der Waals surface area contributed by atoms with Crippen LogP contribution in [0.4, 0.5) is 0 Å². The van der Waals surface area contributed by atoms with Crippen LogP contribution in [0.2, 0.25) is 0 Å². The molecule has 1 unspecified atom stereocenters. The molecular formula is C18H24NOS+. The van der Waals surface area contributed by atoms with E-state index in [9.17, 15) is 4.21 Å². The van der Waals surface area contributed by atoms with Crippen molar-refractivity contribution in [1.29, 1.82) is 0 Å². The first-order valence-electron chi connectivity index (χ1n) is 7.41. The van der Waals surface area contributed by atoms with E-state index < -0.39 is 10.8 Å². The number of hydrogen-bond acceptors (Lipinski definition) is 1. The molecule has 3 heteroatoms. The van der Waals surface area contributed by atoms with Crippen molar-refractivity contribution in [2.24, 2.45) is 7.05 Å². The highest BCUT2D eigenvalue weighted by atomic mass is 32.2. The molecular weight excluding hydrogens is 278 g/mol. The molecule has 21 heavy (non-hydrogen) atoms. The van der Waals surface area contributed by atoms with Gasteiger partial charge in [-0.05, 0) is 36.1 Å². The Morgan fingerprint density at radius 1 is 1.10 bits per heavy atom. The van der Waals surface area contributed by atoms with Crippen LogP contribution in [0, 0.1) is 6.92 Å². The maximum Gasteiger partial charge on any atom is 0.177 e. The Kier molecular flexibility index (Phi) is 5.29. The molecule has 0 amide bonds. The molecule has 0 radical (unpaired) electrons. The molecule has 0 N–H and O–H groups in total. The van der Waals surface area contributed by atoms with Gasteiger partial charge in [0.1, 0.15) is 7.05 Å². The first-order chi connectivity index (χ1) is 9.97. The summed E-state index contributed by atoms with van der Waals surface area (Å²) in [6, 6.07) is 12.4. The fourth-order valence-corrected chi connectivity index (χ4v) is 3.32. The Labute approximate surface area is 130 Å². The van der Waals surface area contributed by atoms with Crippen LogP contribution in [0.15, 0.2) is 47.5 Å². The Morgan fingerprint density at radius 2 is 1.76 bits per heavy atom. The van der Waals surface area contributed by atoms with Gasteiger partial charge in [0, 0.05) is 29.2 Å². The molecule has 1 atom stereocenters. The Morgan fingerprint density at radius 3 is 2.33 bits per heavy atom. The average molecular weight is 302 g/mol. The lowest BCUT2D eigenvalue weighted by atomic mass is 10.0. The second-order valence-corrected chi connectivity index (χ2v) is 7.38. The molecule has 0 spiro atoms. The highest BCUT2D eigenvalue weighted by Gasteiger charge is 2.08. The van der Waals surface area contributed by atoms with Crippen LogP contribution in [-0.4, -0.2) is 9.96 Å². The van der Waals surface area contributed by atoms with E-state index in [1.54, 1.807) is 0 Å². The van der Waals surface area contributed by atoms with Gasteiger partial charge in [-0.25, -0.2) is 4.57 Å². The number of pyridine rings is 1. The molecule has 0 bridgehead atoms. The summed E-state index contributed by atoms with van der Waals surface area (Å²) in [6.45, 7) is 6.42. The summed E-state index contributed by atoms with van der Waals surface area (Å²) in [7, 11) is 1.12. The Bertz CT molecular complexity index is 632. The predicted molar refractivity (Wildman–Crippen MR) is 87.9 cm³/mol. The molecule has 0 aliphatic rings. The van der Waals surface area contributed by atoms with E-state index in [1.165, 1.54) is 16.8 Å². The van der Waals surface area contributed by atoms with Crippen LogP contribution in [0.25, 0.3) is 0 Å². The second-order valence-electron chi connectivity index (χ2n) is 5.81. The van der Waals surface area contributed by atoms with E-state index in [2.05, 4.69) is 55.8 Å². The van der Waals surface area contributed by atoms with Crippen molar-refractivity contribution in [2.45, 2.75) is 38.0 Å². The van der Waals surface area contributed by atoms with Crippen LogP contribution in [0.1, 0.15) is 36.6 Å². The van der Waals surface area contributed by atoms with Gasteiger partial charge >= 0.3 is 0 Å². The van der Waals surface area contributed by atoms with Crippen molar-refractivity contribution in [2.75, 3.05) is 5.75 Å². The van der Waals surface area contributed by atoms with Crippen LogP contribution in [-0.2, 0) is 24.3 Å². The van der Waals surface area contributed by atoms with Crippen molar-refractivity contribution in [1.82, 2.24) is 0 Å². The summed E-state index contributed by atoms with van der Waals surface area (Å²) in [4.78, 5) is 0.927. The molecule has 1 aromatic heterocycles. The topological polar surface area (TPSA) is 20.9 Å². The number of aromatic nitrogens is 1. The number of aryl methyl sites for hydroxylation is 3. The van der Waals surface area contributed by atoms with Gasteiger partial charge in [0.25, 0.3) is 0 Å². The maximum atomic E-state index is 12.4. The Balaban J connectivity index is 1.99. The molecule has 0 saturated heterocycles. The normalized spacial score (nSPS) is 12.6. The molecule has 2 nitrogen and oxygen atoms in total. The first-order valence-corrected chi connectivity index (χ1v) is 8.73. The van der Waals surface area contributed by atoms with Gasteiger partial charge in [-0.15, -0.1) is 0 Å². The van der Waals surface area contributed by atoms with Crippen LogP contribution < -0.4 is 4.57 Å². The average Bonchev–Trinajstić information content (AvgIpc) is 2.48. The third kappa shape index (κ3) is 4.24. The summed E-state index contributed by atoms with van der Waals surface area (Å²) in [5.74, 6) is 1.18. The van der Waals surface area contributed by atoms with E-state index in [4.69, 9.17) is 0 Å². The molecule has 0 fully saturated rings. The Hall–Kier alpha value is -1.48. The lowest BCUT2D eigenvalue weighted by molar-refractivity contribution is -0.678. The molecule has 2 rings (SSSR count). The monoisotopic (exact) mass is 302 g/mol. The number of nitrogens with zero attached hydrogens (tertiary/aromatic N) is 1. The van der Waals surface area contributed by atoms with Crippen molar-refractivity contribution in [3.8, 4) is 0 Å². The number of rotatable bonds is 5. The van der Waals surface area contributed by atoms with E-state index in [0.29, 0.717) is 11.7 Å². The molecule has 2 aromatic rings. The van der Waals surface area contributed by atoms with Gasteiger partial charge < -0.3 is 0 Å². The van der Waals surface area contributed by atoms with E-state index in [0.717, 1.165) is 11.3 Å². The molecule has 0 saturated carbocycles. The van der Waals surface area contributed by atoms with Gasteiger partial charge in [0.05, 0.1) is 10.8 Å². The fraction of sp³-hybridized carbons (Fsp3) is 0.389. The molecule has 0 aliphatic heterocycles. The van der Waals surface area contributed by atoms with Gasteiger partial charge in [-0.3, -0.25) is 4.21 Å². The van der Waals surface area contributed by atoms with E-state index in [1.807, 2.05) is 19.2 Å². The van der Waals surface area contributed by atoms with Gasteiger partial charge in [-0.1, -0.05) is 26.0 Å². The largest absolute Gasteiger partial charge is 0.254 e. The zero-order chi connectivity index (χ0) is 15.4. The molecule has 0 aliphatic carbocycles. The third-order valence-corrected chi connectivity index (χ3v) is 5.21. The summed E-state index contributed by atoms with van der Waals surface area (Å²) in [5, 5.41) is 0. The van der Waals surface area contributed by atoms with Crippen molar-refractivity contribution < 1.29 is 8.78 Å². The second kappa shape index (κ2) is 6.99. The minimum atomic E-state index is -0.927.